The smallest absolute Gasteiger partial charge is 0.407 e. The zero-order valence-electron chi connectivity index (χ0n) is 15.1. The van der Waals surface area contributed by atoms with E-state index in [1.54, 1.807) is 14.2 Å². The fourth-order valence-corrected chi connectivity index (χ4v) is 2.34. The van der Waals surface area contributed by atoms with E-state index in [1.165, 1.54) is 0 Å². The number of hydrogen-bond acceptors (Lipinski definition) is 4. The summed E-state index contributed by atoms with van der Waals surface area (Å²) in [5.74, 6) is 1.39. The molecule has 1 N–H and O–H groups in total. The summed E-state index contributed by atoms with van der Waals surface area (Å²) in [4.78, 5) is 12.0. The summed E-state index contributed by atoms with van der Waals surface area (Å²) in [5, 5.41) is 2.96. The van der Waals surface area contributed by atoms with Crippen LogP contribution < -0.4 is 14.8 Å². The first-order valence-corrected chi connectivity index (χ1v) is 7.99. The second-order valence-electron chi connectivity index (χ2n) is 6.53. The maximum Gasteiger partial charge on any atom is 0.407 e. The number of nitrogens with one attached hydrogen (secondary N) is 1. The van der Waals surface area contributed by atoms with Gasteiger partial charge in [-0.2, -0.15) is 0 Å². The van der Waals surface area contributed by atoms with Gasteiger partial charge < -0.3 is 19.5 Å². The lowest BCUT2D eigenvalue weighted by Crippen LogP contribution is -2.40. The quantitative estimate of drug-likeness (QED) is 0.826. The SMILES string of the molecule is CCCC(Cc1ccc(OC)c(OC)c1)NC(=O)OC(C)(C)C. The van der Waals surface area contributed by atoms with Crippen molar-refractivity contribution in [1.82, 2.24) is 5.32 Å². The predicted octanol–water partition coefficient (Wildman–Crippen LogP) is 3.94. The molecule has 0 spiro atoms. The number of alkyl carbamates (subject to hydrolysis) is 1. The van der Waals surface area contributed by atoms with Crippen LogP contribution in [0.25, 0.3) is 0 Å². The molecule has 1 rings (SSSR count). The predicted molar refractivity (Wildman–Crippen MR) is 91.3 cm³/mol. The number of rotatable bonds is 7. The van der Waals surface area contributed by atoms with Crippen molar-refractivity contribution in [2.75, 3.05) is 14.2 Å². The van der Waals surface area contributed by atoms with Crippen LogP contribution in [0.5, 0.6) is 11.5 Å². The van der Waals surface area contributed by atoms with Crippen LogP contribution in [0, 0.1) is 0 Å². The Hall–Kier alpha value is -1.91. The first-order valence-electron chi connectivity index (χ1n) is 7.99. The van der Waals surface area contributed by atoms with E-state index >= 15 is 0 Å². The van der Waals surface area contributed by atoms with Crippen LogP contribution in [-0.4, -0.2) is 32.0 Å². The minimum Gasteiger partial charge on any atom is -0.493 e. The van der Waals surface area contributed by atoms with Crippen molar-refractivity contribution >= 4 is 6.09 Å². The maximum absolute atomic E-state index is 12.0. The van der Waals surface area contributed by atoms with Crippen molar-refractivity contribution in [2.24, 2.45) is 0 Å². The van der Waals surface area contributed by atoms with Gasteiger partial charge in [0.1, 0.15) is 5.60 Å². The van der Waals surface area contributed by atoms with E-state index in [4.69, 9.17) is 14.2 Å². The maximum atomic E-state index is 12.0. The zero-order chi connectivity index (χ0) is 17.5. The minimum atomic E-state index is -0.496. The normalized spacial score (nSPS) is 12.4. The molecule has 0 bridgehead atoms. The van der Waals surface area contributed by atoms with Crippen LogP contribution in [0.4, 0.5) is 4.79 Å². The average Bonchev–Trinajstić information content (AvgIpc) is 2.45. The molecule has 0 saturated heterocycles. The van der Waals surface area contributed by atoms with Crippen molar-refractivity contribution in [2.45, 2.75) is 58.6 Å². The second kappa shape index (κ2) is 8.65. The molecule has 0 aliphatic carbocycles. The topological polar surface area (TPSA) is 56.8 Å². The number of carbonyl (C=O) groups excluding carboxylic acids is 1. The van der Waals surface area contributed by atoms with E-state index < -0.39 is 5.60 Å². The van der Waals surface area contributed by atoms with Gasteiger partial charge in [-0.15, -0.1) is 0 Å². The summed E-state index contributed by atoms with van der Waals surface area (Å²) in [6, 6.07) is 5.83. The Labute approximate surface area is 139 Å². The Kier molecular flexibility index (Phi) is 7.20. The first kappa shape index (κ1) is 19.1. The van der Waals surface area contributed by atoms with Gasteiger partial charge in [-0.25, -0.2) is 4.79 Å². The molecule has 0 aromatic heterocycles. The van der Waals surface area contributed by atoms with E-state index in [9.17, 15) is 4.79 Å². The lowest BCUT2D eigenvalue weighted by atomic mass is 10.0. The highest BCUT2D eigenvalue weighted by molar-refractivity contribution is 5.68. The average molecular weight is 323 g/mol. The third-order valence-electron chi connectivity index (χ3n) is 3.29. The molecule has 0 aliphatic rings. The van der Waals surface area contributed by atoms with Gasteiger partial charge in [0.25, 0.3) is 0 Å². The number of amides is 1. The van der Waals surface area contributed by atoms with Gasteiger partial charge in [0.15, 0.2) is 11.5 Å². The Bertz CT molecular complexity index is 508. The van der Waals surface area contributed by atoms with Gasteiger partial charge in [-0.1, -0.05) is 19.4 Å². The van der Waals surface area contributed by atoms with Crippen molar-refractivity contribution < 1.29 is 19.0 Å². The van der Waals surface area contributed by atoms with Crippen LogP contribution in [0.15, 0.2) is 18.2 Å². The first-order chi connectivity index (χ1) is 10.8. The van der Waals surface area contributed by atoms with Crippen LogP contribution in [0.2, 0.25) is 0 Å². The largest absolute Gasteiger partial charge is 0.493 e. The zero-order valence-corrected chi connectivity index (χ0v) is 15.1. The molecule has 23 heavy (non-hydrogen) atoms. The highest BCUT2D eigenvalue weighted by atomic mass is 16.6. The van der Waals surface area contributed by atoms with E-state index in [0.29, 0.717) is 17.9 Å². The van der Waals surface area contributed by atoms with Crippen LogP contribution in [-0.2, 0) is 11.2 Å². The molecule has 0 fully saturated rings. The molecular weight excluding hydrogens is 294 g/mol. The Morgan fingerprint density at radius 2 is 1.83 bits per heavy atom. The number of hydrogen-bond donors (Lipinski definition) is 1. The molecule has 1 aromatic rings. The molecule has 1 aromatic carbocycles. The summed E-state index contributed by atoms with van der Waals surface area (Å²) in [5.41, 5.74) is 0.585. The van der Waals surface area contributed by atoms with Crippen molar-refractivity contribution in [1.29, 1.82) is 0 Å². The molecule has 0 aliphatic heterocycles. The van der Waals surface area contributed by atoms with Gasteiger partial charge in [-0.05, 0) is 51.3 Å². The van der Waals surface area contributed by atoms with Gasteiger partial charge >= 0.3 is 6.09 Å². The summed E-state index contributed by atoms with van der Waals surface area (Å²) in [6.45, 7) is 7.67. The van der Waals surface area contributed by atoms with Crippen LogP contribution in [0.1, 0.15) is 46.1 Å². The highest BCUT2D eigenvalue weighted by Crippen LogP contribution is 2.28. The molecule has 1 unspecified atom stereocenters. The molecule has 0 heterocycles. The molecule has 5 heteroatoms. The molecule has 0 saturated carbocycles. The number of carbonyl (C=O) groups is 1. The van der Waals surface area contributed by atoms with Gasteiger partial charge in [-0.3, -0.25) is 0 Å². The van der Waals surface area contributed by atoms with Crippen molar-refractivity contribution in [3.05, 3.63) is 23.8 Å². The monoisotopic (exact) mass is 323 g/mol. The summed E-state index contributed by atoms with van der Waals surface area (Å²) >= 11 is 0. The van der Waals surface area contributed by atoms with E-state index in [-0.39, 0.29) is 12.1 Å². The summed E-state index contributed by atoms with van der Waals surface area (Å²) in [7, 11) is 3.23. The number of methoxy groups -OCH3 is 2. The van der Waals surface area contributed by atoms with E-state index in [2.05, 4.69) is 12.2 Å². The second-order valence-corrected chi connectivity index (χ2v) is 6.53. The molecule has 0 radical (unpaired) electrons. The number of ether oxygens (including phenoxy) is 3. The van der Waals surface area contributed by atoms with Gasteiger partial charge in [0.05, 0.1) is 14.2 Å². The third kappa shape index (κ3) is 6.80. The fraction of sp³-hybridized carbons (Fsp3) is 0.611. The van der Waals surface area contributed by atoms with Gasteiger partial charge in [0.2, 0.25) is 0 Å². The number of benzene rings is 1. The minimum absolute atomic E-state index is 0.0213. The van der Waals surface area contributed by atoms with Crippen molar-refractivity contribution in [3.63, 3.8) is 0 Å². The van der Waals surface area contributed by atoms with E-state index in [1.807, 2.05) is 39.0 Å². The van der Waals surface area contributed by atoms with Crippen LogP contribution in [0.3, 0.4) is 0 Å². The highest BCUT2D eigenvalue weighted by Gasteiger charge is 2.19. The lowest BCUT2D eigenvalue weighted by Gasteiger charge is -2.23. The molecule has 1 amide bonds. The Balaban J connectivity index is 2.77. The summed E-state index contributed by atoms with van der Waals surface area (Å²) in [6.07, 6.45) is 2.20. The molecule has 5 nitrogen and oxygen atoms in total. The molecular formula is C18H29NO4. The third-order valence-corrected chi connectivity index (χ3v) is 3.29. The standard InChI is InChI=1S/C18H29NO4/c1-7-8-14(19-17(20)23-18(2,3)4)11-13-9-10-15(21-5)16(12-13)22-6/h9-10,12,14H,7-8,11H2,1-6H3,(H,19,20). The Morgan fingerprint density at radius 3 is 2.35 bits per heavy atom. The molecule has 1 atom stereocenters. The van der Waals surface area contributed by atoms with Gasteiger partial charge in [0, 0.05) is 6.04 Å². The Morgan fingerprint density at radius 1 is 1.17 bits per heavy atom. The molecule has 130 valence electrons. The fourth-order valence-electron chi connectivity index (χ4n) is 2.34. The van der Waals surface area contributed by atoms with E-state index in [0.717, 1.165) is 18.4 Å². The van der Waals surface area contributed by atoms with Crippen molar-refractivity contribution in [3.8, 4) is 11.5 Å². The lowest BCUT2D eigenvalue weighted by molar-refractivity contribution is 0.0501. The van der Waals surface area contributed by atoms with Crippen LogP contribution >= 0.6 is 0 Å². The summed E-state index contributed by atoms with van der Waals surface area (Å²) < 4.78 is 15.9.